The Balaban J connectivity index is 2.19. The summed E-state index contributed by atoms with van der Waals surface area (Å²) in [7, 11) is 0. The molecule has 0 aromatic heterocycles. The van der Waals surface area contributed by atoms with Crippen LogP contribution in [-0.2, 0) is 14.4 Å². The van der Waals surface area contributed by atoms with Crippen molar-refractivity contribution in [3.8, 4) is 0 Å². The van der Waals surface area contributed by atoms with E-state index in [1.54, 1.807) is 57.2 Å². The lowest BCUT2D eigenvalue weighted by atomic mass is 9.91. The van der Waals surface area contributed by atoms with Crippen LogP contribution in [0.25, 0.3) is 0 Å². The molecule has 0 aliphatic carbocycles. The smallest absolute Gasteiger partial charge is 0.421 e. The molecule has 0 bridgehead atoms. The molecule has 0 spiro atoms. The number of benzene rings is 2. The first kappa shape index (κ1) is 17.4. The largest absolute Gasteiger partial charge is 0.443 e. The van der Waals surface area contributed by atoms with Crippen LogP contribution in [0.3, 0.4) is 0 Å². The number of nitrogens with zero attached hydrogens (tertiary/aromatic N) is 1. The summed E-state index contributed by atoms with van der Waals surface area (Å²) in [6.07, 6.45) is -0.956. The Morgan fingerprint density at radius 3 is 2.36 bits per heavy atom. The van der Waals surface area contributed by atoms with Gasteiger partial charge in [-0.25, -0.2) is 14.1 Å². The molecule has 4 nitrogen and oxygen atoms in total. The number of ether oxygens (including phenoxy) is 1. The van der Waals surface area contributed by atoms with Gasteiger partial charge in [0.25, 0.3) is 5.91 Å². The number of anilines is 1. The third-order valence-corrected chi connectivity index (χ3v) is 4.41. The Morgan fingerprint density at radius 1 is 1.12 bits per heavy atom. The molecule has 130 valence electrons. The minimum absolute atomic E-state index is 0.166. The average molecular weight is 362 g/mol. The zero-order valence-corrected chi connectivity index (χ0v) is 14.8. The fraction of sp³-hybridized carbons (Fsp3) is 0.263. The van der Waals surface area contributed by atoms with Crippen LogP contribution in [0.15, 0.2) is 48.5 Å². The van der Waals surface area contributed by atoms with Crippen molar-refractivity contribution in [3.05, 3.63) is 65.5 Å². The molecule has 0 radical (unpaired) electrons. The van der Waals surface area contributed by atoms with Gasteiger partial charge in [0.05, 0.1) is 5.69 Å². The molecule has 2 aromatic rings. The number of carbonyl (C=O) groups excluding carboxylic acids is 2. The summed E-state index contributed by atoms with van der Waals surface area (Å²) < 4.78 is 19.8. The van der Waals surface area contributed by atoms with Gasteiger partial charge in [-0.2, -0.15) is 0 Å². The van der Waals surface area contributed by atoms with Crippen LogP contribution in [0, 0.1) is 5.82 Å². The summed E-state index contributed by atoms with van der Waals surface area (Å²) in [6.45, 7) is 5.00. The van der Waals surface area contributed by atoms with E-state index in [1.807, 2.05) is 0 Å². The zero-order valence-electron chi connectivity index (χ0n) is 14.0. The molecule has 2 amide bonds. The van der Waals surface area contributed by atoms with Gasteiger partial charge in [0.2, 0.25) is 0 Å². The fourth-order valence-electron chi connectivity index (χ4n) is 2.82. The number of rotatable bonds is 1. The predicted octanol–water partition coefficient (Wildman–Crippen LogP) is 4.59. The van der Waals surface area contributed by atoms with E-state index in [0.29, 0.717) is 10.5 Å². The first-order valence-electron chi connectivity index (χ1n) is 7.77. The fourth-order valence-corrected chi connectivity index (χ4v) is 3.18. The highest BCUT2D eigenvalue weighted by Crippen LogP contribution is 2.50. The van der Waals surface area contributed by atoms with Gasteiger partial charge >= 0.3 is 6.09 Å². The average Bonchev–Trinajstić information content (AvgIpc) is 2.78. The second kappa shape index (κ2) is 5.85. The third kappa shape index (κ3) is 2.78. The van der Waals surface area contributed by atoms with Crippen LogP contribution in [-0.4, -0.2) is 17.6 Å². The van der Waals surface area contributed by atoms with Crippen LogP contribution >= 0.6 is 11.6 Å². The van der Waals surface area contributed by atoms with Gasteiger partial charge in [0, 0.05) is 5.56 Å². The highest BCUT2D eigenvalue weighted by atomic mass is 35.5. The predicted molar refractivity (Wildman–Crippen MR) is 93.2 cm³/mol. The third-order valence-electron chi connectivity index (χ3n) is 3.83. The van der Waals surface area contributed by atoms with E-state index in [9.17, 15) is 14.0 Å². The van der Waals surface area contributed by atoms with Gasteiger partial charge in [-0.3, -0.25) is 4.79 Å². The van der Waals surface area contributed by atoms with E-state index < -0.39 is 28.3 Å². The van der Waals surface area contributed by atoms with Gasteiger partial charge in [-0.1, -0.05) is 54.1 Å². The Morgan fingerprint density at radius 2 is 1.76 bits per heavy atom. The molecule has 0 saturated carbocycles. The molecule has 1 atom stereocenters. The molecular weight excluding hydrogens is 345 g/mol. The summed E-state index contributed by atoms with van der Waals surface area (Å²) >= 11 is 6.69. The van der Waals surface area contributed by atoms with E-state index in [4.69, 9.17) is 16.3 Å². The lowest BCUT2D eigenvalue weighted by Crippen LogP contribution is -2.43. The van der Waals surface area contributed by atoms with Crippen molar-refractivity contribution in [3.63, 3.8) is 0 Å². The summed E-state index contributed by atoms with van der Waals surface area (Å²) in [4.78, 5) is 24.7. The second-order valence-corrected chi connectivity index (χ2v) is 7.35. The minimum atomic E-state index is -1.68. The number of amides is 2. The van der Waals surface area contributed by atoms with Crippen molar-refractivity contribution >= 4 is 29.3 Å². The second-order valence-electron chi connectivity index (χ2n) is 6.78. The number of fused-ring (bicyclic) bond motifs is 1. The quantitative estimate of drug-likeness (QED) is 0.698. The Bertz CT molecular complexity index is 847. The van der Waals surface area contributed by atoms with Crippen molar-refractivity contribution < 1.29 is 18.7 Å². The van der Waals surface area contributed by atoms with Crippen molar-refractivity contribution in [2.45, 2.75) is 31.2 Å². The monoisotopic (exact) mass is 361 g/mol. The molecule has 1 heterocycles. The minimum Gasteiger partial charge on any atom is -0.443 e. The van der Waals surface area contributed by atoms with Crippen molar-refractivity contribution in [2.75, 3.05) is 4.90 Å². The van der Waals surface area contributed by atoms with Crippen molar-refractivity contribution in [1.82, 2.24) is 0 Å². The lowest BCUT2D eigenvalue weighted by Gasteiger charge is -2.25. The molecule has 6 heteroatoms. The van der Waals surface area contributed by atoms with Crippen LogP contribution in [0.2, 0.25) is 0 Å². The van der Waals surface area contributed by atoms with E-state index in [-0.39, 0.29) is 11.3 Å². The molecule has 1 aliphatic heterocycles. The molecule has 0 unspecified atom stereocenters. The van der Waals surface area contributed by atoms with E-state index in [1.165, 1.54) is 12.1 Å². The SMILES string of the molecule is CC(C)(C)OC(=O)N1C(=O)[C@@](Cl)(c2ccccc2)c2cccc(F)c21. The van der Waals surface area contributed by atoms with Crippen molar-refractivity contribution in [1.29, 1.82) is 0 Å². The lowest BCUT2D eigenvalue weighted by molar-refractivity contribution is -0.119. The van der Waals surface area contributed by atoms with Gasteiger partial charge in [0.1, 0.15) is 11.4 Å². The number of para-hydroxylation sites is 1. The molecule has 1 aliphatic rings. The topological polar surface area (TPSA) is 46.6 Å². The van der Waals surface area contributed by atoms with Crippen LogP contribution in [0.5, 0.6) is 0 Å². The summed E-state index contributed by atoms with van der Waals surface area (Å²) in [5, 5.41) is 0. The highest BCUT2D eigenvalue weighted by molar-refractivity contribution is 6.44. The summed E-state index contributed by atoms with van der Waals surface area (Å²) in [6, 6.07) is 12.7. The Kier molecular flexibility index (Phi) is 4.07. The van der Waals surface area contributed by atoms with E-state index in [0.717, 1.165) is 0 Å². The Labute approximate surface area is 150 Å². The van der Waals surface area contributed by atoms with E-state index in [2.05, 4.69) is 0 Å². The summed E-state index contributed by atoms with van der Waals surface area (Å²) in [5.74, 6) is -1.47. The molecule has 3 rings (SSSR count). The zero-order chi connectivity index (χ0) is 18.4. The maximum absolute atomic E-state index is 14.5. The number of halogens is 2. The molecule has 0 saturated heterocycles. The summed E-state index contributed by atoms with van der Waals surface area (Å²) in [5.41, 5.74) is -0.330. The maximum Gasteiger partial charge on any atom is 0.421 e. The van der Waals surface area contributed by atoms with Crippen molar-refractivity contribution in [2.24, 2.45) is 0 Å². The number of carbonyl (C=O) groups is 2. The standard InChI is InChI=1S/C19H17ClFNO3/c1-18(2,3)25-17(24)22-15-13(10-7-11-14(15)21)19(20,16(22)23)12-8-5-4-6-9-12/h4-11H,1-3H3/t19-/m1/s1. The van der Waals surface area contributed by atoms with E-state index >= 15 is 0 Å². The van der Waals surface area contributed by atoms with Crippen LogP contribution in [0.1, 0.15) is 31.9 Å². The first-order chi connectivity index (χ1) is 11.7. The van der Waals surface area contributed by atoms with Gasteiger partial charge < -0.3 is 4.74 Å². The van der Waals surface area contributed by atoms with Gasteiger partial charge in [-0.15, -0.1) is 0 Å². The van der Waals surface area contributed by atoms with Gasteiger partial charge in [-0.05, 0) is 32.4 Å². The molecular formula is C19H17ClFNO3. The maximum atomic E-state index is 14.5. The normalized spacial score (nSPS) is 19.7. The van der Waals surface area contributed by atoms with Crippen LogP contribution in [0.4, 0.5) is 14.9 Å². The van der Waals surface area contributed by atoms with Gasteiger partial charge in [0.15, 0.2) is 4.87 Å². The number of imide groups is 1. The molecule has 0 fully saturated rings. The molecule has 2 aromatic carbocycles. The Hall–Kier alpha value is -2.40. The van der Waals surface area contributed by atoms with Crippen LogP contribution < -0.4 is 4.90 Å². The molecule has 25 heavy (non-hydrogen) atoms. The number of alkyl halides is 1. The number of hydrogen-bond acceptors (Lipinski definition) is 3. The molecule has 0 N–H and O–H groups in total. The highest BCUT2D eigenvalue weighted by Gasteiger charge is 2.55. The number of hydrogen-bond donors (Lipinski definition) is 0. The first-order valence-corrected chi connectivity index (χ1v) is 8.15.